The first-order chi connectivity index (χ1) is 14.0. The summed E-state index contributed by atoms with van der Waals surface area (Å²) in [4.78, 5) is 8.75. The number of hydrogen-bond acceptors (Lipinski definition) is 10. The van der Waals surface area contributed by atoms with Gasteiger partial charge in [-0.2, -0.15) is 0 Å². The summed E-state index contributed by atoms with van der Waals surface area (Å²) in [5.74, 6) is -1.18. The van der Waals surface area contributed by atoms with Crippen LogP contribution >= 0.6 is 0 Å². The minimum Gasteiger partial charge on any atom is -0.451 e. The molecular formula is C19H21N3O7. The summed E-state index contributed by atoms with van der Waals surface area (Å²) >= 11 is 0. The van der Waals surface area contributed by atoms with Gasteiger partial charge in [0, 0.05) is 26.5 Å². The Morgan fingerprint density at radius 1 is 1.31 bits per heavy atom. The zero-order valence-corrected chi connectivity index (χ0v) is 16.1. The first-order valence-electron chi connectivity index (χ1n) is 8.95. The molecule has 2 aromatic rings. The van der Waals surface area contributed by atoms with Crippen molar-refractivity contribution in [3.05, 3.63) is 36.2 Å². The highest BCUT2D eigenvalue weighted by molar-refractivity contribution is 5.81. The standard InChI is InChI=1S/C19H21N3O7/c1-10-15(25-2)17(23)19(26-3)18(27-10)28-16-13(29-19)8-11(9-21-24)22-14(16)12-6-4-5-7-20-12/h4-10,15,17-18,23-24H,1-3H3/b21-9+/t10-,15-,17+,18-,19-/m0/s1. The normalized spacial score (nSPS) is 30.9. The minimum atomic E-state index is -1.67. The number of pyridine rings is 2. The Kier molecular flexibility index (Phi) is 5.09. The lowest BCUT2D eigenvalue weighted by molar-refractivity contribution is -0.391. The van der Waals surface area contributed by atoms with Gasteiger partial charge in [0.25, 0.3) is 6.29 Å². The maximum atomic E-state index is 10.9. The van der Waals surface area contributed by atoms with Crippen molar-refractivity contribution in [1.82, 2.24) is 9.97 Å². The van der Waals surface area contributed by atoms with Crippen molar-refractivity contribution in [2.45, 2.75) is 37.3 Å². The highest BCUT2D eigenvalue weighted by Crippen LogP contribution is 2.48. The number of methoxy groups -OCH3 is 2. The van der Waals surface area contributed by atoms with Crippen molar-refractivity contribution in [1.29, 1.82) is 0 Å². The average molecular weight is 403 g/mol. The summed E-state index contributed by atoms with van der Waals surface area (Å²) in [6.07, 6.45) is -0.716. The average Bonchev–Trinajstić information content (AvgIpc) is 2.73. The Morgan fingerprint density at radius 3 is 2.79 bits per heavy atom. The second-order valence-corrected chi connectivity index (χ2v) is 6.65. The van der Waals surface area contributed by atoms with E-state index in [1.165, 1.54) is 20.3 Å². The van der Waals surface area contributed by atoms with E-state index in [0.29, 0.717) is 17.1 Å². The second kappa shape index (κ2) is 7.56. The molecule has 2 aromatic heterocycles. The van der Waals surface area contributed by atoms with Gasteiger partial charge in [-0.3, -0.25) is 4.98 Å². The van der Waals surface area contributed by atoms with Crippen molar-refractivity contribution in [3.63, 3.8) is 0 Å². The van der Waals surface area contributed by atoms with Crippen LogP contribution < -0.4 is 9.47 Å². The minimum absolute atomic E-state index is 0.223. The molecule has 5 atom stereocenters. The number of hydrogen-bond donors (Lipinski definition) is 2. The van der Waals surface area contributed by atoms with Gasteiger partial charge in [-0.1, -0.05) is 11.2 Å². The molecular weight excluding hydrogens is 382 g/mol. The summed E-state index contributed by atoms with van der Waals surface area (Å²) < 4.78 is 29.0. The topological polar surface area (TPSA) is 125 Å². The molecule has 0 amide bonds. The monoisotopic (exact) mass is 403 g/mol. The van der Waals surface area contributed by atoms with Gasteiger partial charge >= 0.3 is 5.79 Å². The molecule has 154 valence electrons. The predicted octanol–water partition coefficient (Wildman–Crippen LogP) is 1.19. The lowest BCUT2D eigenvalue weighted by Gasteiger charge is -2.51. The maximum Gasteiger partial charge on any atom is 0.302 e. The SMILES string of the molecule is CO[C@H]1[C@H](C)O[C@H]2Oc3c(cc(/C=N/O)nc3-c3ccccn3)O[C@@]2(OC)[C@@H]1O. The number of rotatable bonds is 4. The number of oxime groups is 1. The third kappa shape index (κ3) is 3.10. The maximum absolute atomic E-state index is 10.9. The molecule has 0 spiro atoms. The number of fused-ring (bicyclic) bond motifs is 2. The summed E-state index contributed by atoms with van der Waals surface area (Å²) in [5.41, 5.74) is 1.18. The second-order valence-electron chi connectivity index (χ2n) is 6.65. The molecule has 0 radical (unpaired) electrons. The molecule has 0 saturated carbocycles. The van der Waals surface area contributed by atoms with Crippen LogP contribution in [-0.2, 0) is 14.2 Å². The van der Waals surface area contributed by atoms with Gasteiger partial charge < -0.3 is 34.0 Å². The van der Waals surface area contributed by atoms with Gasteiger partial charge in [0.1, 0.15) is 11.8 Å². The summed E-state index contributed by atoms with van der Waals surface area (Å²) in [6, 6.07) is 6.84. The molecule has 4 heterocycles. The van der Waals surface area contributed by atoms with Gasteiger partial charge in [-0.25, -0.2) is 4.98 Å². The van der Waals surface area contributed by atoms with Crippen LogP contribution in [0.5, 0.6) is 11.5 Å². The van der Waals surface area contributed by atoms with Crippen molar-refractivity contribution in [2.24, 2.45) is 5.16 Å². The van der Waals surface area contributed by atoms with E-state index >= 15 is 0 Å². The van der Waals surface area contributed by atoms with Crippen LogP contribution in [0.15, 0.2) is 35.6 Å². The molecule has 2 aliphatic rings. The van der Waals surface area contributed by atoms with Crippen LogP contribution in [0.3, 0.4) is 0 Å². The predicted molar refractivity (Wildman–Crippen MR) is 99.0 cm³/mol. The smallest absolute Gasteiger partial charge is 0.302 e. The highest BCUT2D eigenvalue weighted by atomic mass is 16.8. The molecule has 0 aromatic carbocycles. The Hall–Kier alpha value is -2.79. The molecule has 2 N–H and O–H groups in total. The molecule has 0 bridgehead atoms. The van der Waals surface area contributed by atoms with Gasteiger partial charge in [0.05, 0.1) is 23.7 Å². The summed E-state index contributed by atoms with van der Waals surface area (Å²) in [7, 11) is 2.85. The fourth-order valence-electron chi connectivity index (χ4n) is 3.59. The van der Waals surface area contributed by atoms with E-state index < -0.39 is 30.4 Å². The summed E-state index contributed by atoms with van der Waals surface area (Å²) in [5, 5.41) is 22.9. The van der Waals surface area contributed by atoms with E-state index in [1.54, 1.807) is 31.3 Å². The number of ether oxygens (including phenoxy) is 5. The molecule has 0 aliphatic carbocycles. The van der Waals surface area contributed by atoms with Crippen LogP contribution in [0.4, 0.5) is 0 Å². The number of nitrogens with zero attached hydrogens (tertiary/aromatic N) is 3. The fraction of sp³-hybridized carbons (Fsp3) is 0.421. The van der Waals surface area contributed by atoms with E-state index in [9.17, 15) is 5.11 Å². The number of aromatic nitrogens is 2. The van der Waals surface area contributed by atoms with E-state index in [0.717, 1.165) is 6.21 Å². The number of aliphatic hydroxyl groups excluding tert-OH is 1. The molecule has 1 fully saturated rings. The zero-order chi connectivity index (χ0) is 20.6. The largest absolute Gasteiger partial charge is 0.451 e. The molecule has 29 heavy (non-hydrogen) atoms. The van der Waals surface area contributed by atoms with Crippen molar-refractivity contribution >= 4 is 6.21 Å². The Morgan fingerprint density at radius 2 is 2.14 bits per heavy atom. The van der Waals surface area contributed by atoms with Crippen molar-refractivity contribution < 1.29 is 34.0 Å². The van der Waals surface area contributed by atoms with Crippen LogP contribution in [0.25, 0.3) is 11.4 Å². The van der Waals surface area contributed by atoms with Crippen molar-refractivity contribution in [3.8, 4) is 22.9 Å². The molecule has 10 heteroatoms. The molecule has 1 saturated heterocycles. The third-order valence-corrected chi connectivity index (χ3v) is 4.99. The fourth-order valence-corrected chi connectivity index (χ4v) is 3.59. The van der Waals surface area contributed by atoms with Crippen LogP contribution in [-0.4, -0.2) is 71.1 Å². The van der Waals surface area contributed by atoms with Crippen LogP contribution in [0.2, 0.25) is 0 Å². The molecule has 4 rings (SSSR count). The highest BCUT2D eigenvalue weighted by Gasteiger charge is 2.62. The van der Waals surface area contributed by atoms with Gasteiger partial charge in [-0.15, -0.1) is 0 Å². The Labute approximate surface area is 166 Å². The quantitative estimate of drug-likeness (QED) is 0.440. The molecule has 10 nitrogen and oxygen atoms in total. The van der Waals surface area contributed by atoms with E-state index in [4.69, 9.17) is 28.9 Å². The van der Waals surface area contributed by atoms with Crippen LogP contribution in [0, 0.1) is 0 Å². The Balaban J connectivity index is 1.86. The van der Waals surface area contributed by atoms with E-state index in [1.807, 2.05) is 0 Å². The van der Waals surface area contributed by atoms with Crippen molar-refractivity contribution in [2.75, 3.05) is 14.2 Å². The molecule has 2 aliphatic heterocycles. The van der Waals surface area contributed by atoms with E-state index in [-0.39, 0.29) is 11.5 Å². The first kappa shape index (κ1) is 19.5. The molecule has 0 unspecified atom stereocenters. The van der Waals surface area contributed by atoms with E-state index in [2.05, 4.69) is 15.1 Å². The van der Waals surface area contributed by atoms with Gasteiger partial charge in [-0.05, 0) is 19.1 Å². The van der Waals surface area contributed by atoms with Gasteiger partial charge in [0.2, 0.25) is 0 Å². The lowest BCUT2D eigenvalue weighted by atomic mass is 9.95. The van der Waals surface area contributed by atoms with Gasteiger partial charge in [0.15, 0.2) is 17.6 Å². The first-order valence-corrected chi connectivity index (χ1v) is 8.95. The zero-order valence-electron chi connectivity index (χ0n) is 16.1. The Bertz CT molecular complexity index is 910. The van der Waals surface area contributed by atoms with Crippen LogP contribution in [0.1, 0.15) is 12.6 Å². The summed E-state index contributed by atoms with van der Waals surface area (Å²) in [6.45, 7) is 1.76. The number of aliphatic hydroxyl groups is 1. The third-order valence-electron chi connectivity index (χ3n) is 4.99. The lowest BCUT2D eigenvalue weighted by Crippen LogP contribution is -2.71.